The fourth-order valence-electron chi connectivity index (χ4n) is 0.891. The monoisotopic (exact) mass is 242 g/mol. The third-order valence-corrected chi connectivity index (χ3v) is 1.95. The van der Waals surface area contributed by atoms with E-state index in [2.05, 4.69) is 6.58 Å². The average molecular weight is 242 g/mol. The van der Waals surface area contributed by atoms with Crippen LogP contribution >= 0.6 is 0 Å². The molecule has 0 rings (SSSR count). The number of rotatable bonds is 4. The van der Waals surface area contributed by atoms with Crippen LogP contribution in [-0.4, -0.2) is 23.1 Å². The van der Waals surface area contributed by atoms with Gasteiger partial charge in [0.2, 0.25) is 5.60 Å². The Labute approximate surface area is 103 Å². The van der Waals surface area contributed by atoms with Crippen molar-refractivity contribution < 1.29 is 19.1 Å². The van der Waals surface area contributed by atoms with E-state index in [1.165, 1.54) is 13.8 Å². The molecule has 0 N–H and O–H groups in total. The molecule has 0 unspecified atom stereocenters. The van der Waals surface area contributed by atoms with Crippen LogP contribution in [0, 0.1) is 0 Å². The molecule has 0 aliphatic carbocycles. The smallest absolute Gasteiger partial charge is 0.350 e. The van der Waals surface area contributed by atoms with Crippen LogP contribution in [0.1, 0.15) is 48.0 Å². The van der Waals surface area contributed by atoms with E-state index in [0.717, 1.165) is 0 Å². The summed E-state index contributed by atoms with van der Waals surface area (Å²) in [5.41, 5.74) is -1.58. The van der Waals surface area contributed by atoms with Crippen molar-refractivity contribution in [2.45, 2.75) is 59.2 Å². The van der Waals surface area contributed by atoms with E-state index in [9.17, 15) is 9.59 Å². The van der Waals surface area contributed by atoms with Crippen molar-refractivity contribution >= 4 is 11.9 Å². The molecule has 0 radical (unpaired) electrons. The molecule has 0 spiro atoms. The summed E-state index contributed by atoms with van der Waals surface area (Å²) >= 11 is 0. The van der Waals surface area contributed by atoms with Crippen molar-refractivity contribution in [2.24, 2.45) is 0 Å². The Kier molecular flexibility index (Phi) is 4.93. The minimum atomic E-state index is -1.30. The van der Waals surface area contributed by atoms with Crippen molar-refractivity contribution in [1.29, 1.82) is 0 Å². The average Bonchev–Trinajstić information content (AvgIpc) is 2.13. The van der Waals surface area contributed by atoms with Crippen molar-refractivity contribution in [3.63, 3.8) is 0 Å². The van der Waals surface area contributed by atoms with E-state index < -0.39 is 23.1 Å². The van der Waals surface area contributed by atoms with Gasteiger partial charge < -0.3 is 9.47 Å². The van der Waals surface area contributed by atoms with Gasteiger partial charge in [-0.2, -0.15) is 0 Å². The van der Waals surface area contributed by atoms with Crippen molar-refractivity contribution in [2.75, 3.05) is 0 Å². The summed E-state index contributed by atoms with van der Waals surface area (Å²) in [7, 11) is 0. The van der Waals surface area contributed by atoms with Gasteiger partial charge in [0.15, 0.2) is 0 Å². The second-order valence-corrected chi connectivity index (χ2v) is 5.36. The Morgan fingerprint density at radius 3 is 1.88 bits per heavy atom. The van der Waals surface area contributed by atoms with E-state index in [4.69, 9.17) is 9.47 Å². The van der Waals surface area contributed by atoms with Gasteiger partial charge >= 0.3 is 11.9 Å². The lowest BCUT2D eigenvalue weighted by Crippen LogP contribution is -2.42. The highest BCUT2D eigenvalue weighted by molar-refractivity contribution is 5.91. The third kappa shape index (κ3) is 5.52. The van der Waals surface area contributed by atoms with Gasteiger partial charge in [-0.15, -0.1) is 0 Å². The largest absolute Gasteiger partial charge is 0.457 e. The number of carbonyl (C=O) groups is 2. The fraction of sp³-hybridized carbons (Fsp3) is 0.692. The molecule has 98 valence electrons. The topological polar surface area (TPSA) is 52.6 Å². The SMILES string of the molecule is C=C(CC)C(=O)OC(C)(C)C(=O)OC(C)(C)C. The van der Waals surface area contributed by atoms with Gasteiger partial charge in [0.25, 0.3) is 0 Å². The van der Waals surface area contributed by atoms with Crippen LogP contribution in [0.5, 0.6) is 0 Å². The number of ether oxygens (including phenoxy) is 2. The Hall–Kier alpha value is -1.32. The van der Waals surface area contributed by atoms with Gasteiger partial charge in [-0.25, -0.2) is 9.59 Å². The standard InChI is InChI=1S/C13H22O4/c1-8-9(2)10(14)16-13(6,7)11(15)17-12(3,4)5/h2,8H2,1,3-7H3. The molecule has 0 saturated heterocycles. The first-order valence-electron chi connectivity index (χ1n) is 5.64. The molecular formula is C13H22O4. The predicted octanol–water partition coefficient (Wildman–Crippen LogP) is 2.62. The summed E-state index contributed by atoms with van der Waals surface area (Å²) in [6.45, 7) is 13.6. The van der Waals surface area contributed by atoms with Gasteiger partial charge in [-0.1, -0.05) is 13.5 Å². The normalized spacial score (nSPS) is 11.9. The summed E-state index contributed by atoms with van der Waals surface area (Å²) in [5, 5.41) is 0. The molecule has 0 aromatic rings. The molecule has 0 aromatic carbocycles. The first kappa shape index (κ1) is 15.7. The molecule has 17 heavy (non-hydrogen) atoms. The molecule has 0 heterocycles. The van der Waals surface area contributed by atoms with E-state index in [1.807, 2.05) is 0 Å². The lowest BCUT2D eigenvalue weighted by atomic mass is 10.1. The Bertz CT molecular complexity index is 321. The zero-order valence-electron chi connectivity index (χ0n) is 11.5. The molecule has 0 fully saturated rings. The Morgan fingerprint density at radius 2 is 1.53 bits per heavy atom. The summed E-state index contributed by atoms with van der Waals surface area (Å²) in [5.74, 6) is -1.13. The van der Waals surface area contributed by atoms with E-state index in [-0.39, 0.29) is 0 Å². The Balaban J connectivity index is 4.63. The maximum Gasteiger partial charge on any atom is 0.350 e. The lowest BCUT2D eigenvalue weighted by Gasteiger charge is -2.28. The highest BCUT2D eigenvalue weighted by Crippen LogP contribution is 2.19. The van der Waals surface area contributed by atoms with Crippen LogP contribution in [0.3, 0.4) is 0 Å². The predicted molar refractivity (Wildman–Crippen MR) is 65.4 cm³/mol. The van der Waals surface area contributed by atoms with Gasteiger partial charge in [0, 0.05) is 5.57 Å². The van der Waals surface area contributed by atoms with Crippen LogP contribution in [0.15, 0.2) is 12.2 Å². The van der Waals surface area contributed by atoms with Gasteiger partial charge in [0.1, 0.15) is 5.60 Å². The minimum absolute atomic E-state index is 0.335. The van der Waals surface area contributed by atoms with Crippen LogP contribution in [-0.2, 0) is 19.1 Å². The molecule has 0 saturated carbocycles. The van der Waals surface area contributed by atoms with E-state index in [0.29, 0.717) is 12.0 Å². The summed E-state index contributed by atoms with van der Waals surface area (Å²) < 4.78 is 10.3. The van der Waals surface area contributed by atoms with Crippen molar-refractivity contribution in [3.05, 3.63) is 12.2 Å². The molecule has 0 bridgehead atoms. The highest BCUT2D eigenvalue weighted by atomic mass is 16.6. The van der Waals surface area contributed by atoms with Crippen molar-refractivity contribution in [1.82, 2.24) is 0 Å². The van der Waals surface area contributed by atoms with Crippen LogP contribution in [0.2, 0.25) is 0 Å². The third-order valence-electron chi connectivity index (χ3n) is 1.95. The summed E-state index contributed by atoms with van der Waals surface area (Å²) in [6, 6.07) is 0. The van der Waals surface area contributed by atoms with Gasteiger partial charge in [0.05, 0.1) is 0 Å². The van der Waals surface area contributed by atoms with Crippen LogP contribution in [0.25, 0.3) is 0 Å². The fourth-order valence-corrected chi connectivity index (χ4v) is 0.891. The van der Waals surface area contributed by atoms with E-state index in [1.54, 1.807) is 27.7 Å². The lowest BCUT2D eigenvalue weighted by molar-refractivity contribution is -0.184. The number of carbonyl (C=O) groups excluding carboxylic acids is 2. The van der Waals surface area contributed by atoms with Gasteiger partial charge in [-0.05, 0) is 41.0 Å². The zero-order valence-corrected chi connectivity index (χ0v) is 11.5. The summed E-state index contributed by atoms with van der Waals surface area (Å²) in [4.78, 5) is 23.3. The van der Waals surface area contributed by atoms with Crippen LogP contribution < -0.4 is 0 Å². The molecule has 0 aliphatic heterocycles. The maximum absolute atomic E-state index is 11.8. The Morgan fingerprint density at radius 1 is 1.06 bits per heavy atom. The first-order chi connectivity index (χ1) is 7.49. The number of hydrogen-bond donors (Lipinski definition) is 0. The minimum Gasteiger partial charge on any atom is -0.457 e. The molecule has 0 aliphatic rings. The molecule has 0 aromatic heterocycles. The van der Waals surface area contributed by atoms with E-state index >= 15 is 0 Å². The second-order valence-electron chi connectivity index (χ2n) is 5.36. The maximum atomic E-state index is 11.8. The van der Waals surface area contributed by atoms with Crippen LogP contribution in [0.4, 0.5) is 0 Å². The number of esters is 2. The first-order valence-corrected chi connectivity index (χ1v) is 5.64. The zero-order chi connectivity index (χ0) is 13.9. The van der Waals surface area contributed by atoms with Crippen molar-refractivity contribution in [3.8, 4) is 0 Å². The number of hydrogen-bond acceptors (Lipinski definition) is 4. The molecule has 4 nitrogen and oxygen atoms in total. The highest BCUT2D eigenvalue weighted by Gasteiger charge is 2.36. The molecular weight excluding hydrogens is 220 g/mol. The molecule has 4 heteroatoms. The molecule has 0 amide bonds. The summed E-state index contributed by atoms with van der Waals surface area (Å²) in [6.07, 6.45) is 0.489. The van der Waals surface area contributed by atoms with Gasteiger partial charge in [-0.3, -0.25) is 0 Å². The quantitative estimate of drug-likeness (QED) is 0.561. The molecule has 0 atom stereocenters. The second kappa shape index (κ2) is 5.34.